The Morgan fingerprint density at radius 1 is 1.71 bits per heavy atom. The molecule has 0 aliphatic rings. The van der Waals surface area contributed by atoms with E-state index in [0.29, 0.717) is 5.56 Å². The number of azide groups is 1. The van der Waals surface area contributed by atoms with Crippen molar-refractivity contribution in [2.45, 2.75) is 0 Å². The Bertz CT molecular complexity index is 488. The molecular weight excluding hydrogens is 184 g/mol. The first-order valence-corrected chi connectivity index (χ1v) is 3.65. The van der Waals surface area contributed by atoms with Crippen molar-refractivity contribution in [1.82, 2.24) is 4.98 Å². The van der Waals surface area contributed by atoms with Crippen molar-refractivity contribution < 1.29 is 5.11 Å². The lowest BCUT2D eigenvalue weighted by Crippen LogP contribution is -2.03. The molecule has 1 aromatic heterocycles. The van der Waals surface area contributed by atoms with Crippen molar-refractivity contribution in [2.75, 3.05) is 6.54 Å². The molecule has 14 heavy (non-hydrogen) atoms. The second-order valence-corrected chi connectivity index (χ2v) is 2.29. The molecule has 0 bridgehead atoms. The summed E-state index contributed by atoms with van der Waals surface area (Å²) in [5, 5.41) is 12.2. The van der Waals surface area contributed by atoms with Crippen LogP contribution >= 0.6 is 0 Å². The first-order chi connectivity index (χ1) is 6.74. The molecule has 0 aromatic carbocycles. The Labute approximate surface area is 78.8 Å². The highest BCUT2D eigenvalue weighted by Gasteiger charge is 1.95. The highest BCUT2D eigenvalue weighted by Crippen LogP contribution is 2.01. The van der Waals surface area contributed by atoms with E-state index in [1.807, 2.05) is 0 Å². The van der Waals surface area contributed by atoms with Gasteiger partial charge in [-0.3, -0.25) is 4.79 Å². The zero-order chi connectivity index (χ0) is 10.4. The summed E-state index contributed by atoms with van der Waals surface area (Å²) in [7, 11) is 0. The fourth-order valence-electron chi connectivity index (χ4n) is 0.752. The summed E-state index contributed by atoms with van der Waals surface area (Å²) in [6, 6.07) is 1.24. The summed E-state index contributed by atoms with van der Waals surface area (Å²) in [5.74, 6) is 4.76. The number of hydrogen-bond acceptors (Lipinski definition) is 3. The van der Waals surface area contributed by atoms with Crippen molar-refractivity contribution in [3.63, 3.8) is 0 Å². The minimum atomic E-state index is -0.564. The summed E-state index contributed by atoms with van der Waals surface area (Å²) in [6.45, 7) is 0.0520. The van der Waals surface area contributed by atoms with Crippen LogP contribution in [0.2, 0.25) is 0 Å². The number of aromatic amines is 1. The second-order valence-electron chi connectivity index (χ2n) is 2.29. The van der Waals surface area contributed by atoms with Gasteiger partial charge in [0.15, 0.2) is 5.75 Å². The maximum Gasteiger partial charge on any atom is 0.290 e. The maximum absolute atomic E-state index is 10.7. The van der Waals surface area contributed by atoms with Crippen LogP contribution < -0.4 is 5.56 Å². The quantitative estimate of drug-likeness (QED) is 0.295. The lowest BCUT2D eigenvalue weighted by molar-refractivity contribution is 0.466. The number of H-pyrrole nitrogens is 1. The van der Waals surface area contributed by atoms with Crippen molar-refractivity contribution in [1.29, 1.82) is 0 Å². The minimum absolute atomic E-state index is 0.0520. The number of rotatable bonds is 1. The molecule has 0 saturated carbocycles. The molecule has 1 rings (SSSR count). The molecule has 0 saturated heterocycles. The molecule has 70 valence electrons. The smallest absolute Gasteiger partial charge is 0.290 e. The average molecular weight is 190 g/mol. The van der Waals surface area contributed by atoms with E-state index >= 15 is 0 Å². The van der Waals surface area contributed by atoms with E-state index < -0.39 is 5.56 Å². The zero-order valence-electron chi connectivity index (χ0n) is 7.06. The van der Waals surface area contributed by atoms with Crippen LogP contribution in [0.5, 0.6) is 5.75 Å². The predicted molar refractivity (Wildman–Crippen MR) is 49.6 cm³/mol. The third kappa shape index (κ3) is 2.59. The van der Waals surface area contributed by atoms with Crippen LogP contribution in [0.25, 0.3) is 10.4 Å². The van der Waals surface area contributed by atoms with E-state index in [2.05, 4.69) is 26.9 Å². The normalized spacial score (nSPS) is 8.29. The SMILES string of the molecule is [N-]=[N+]=NCC#Cc1c[nH]c(=O)c(O)c1. The Balaban J connectivity index is 2.85. The van der Waals surface area contributed by atoms with Gasteiger partial charge in [0.05, 0.1) is 6.54 Å². The van der Waals surface area contributed by atoms with E-state index in [1.165, 1.54) is 12.3 Å². The second kappa shape index (κ2) is 4.60. The molecule has 0 amide bonds. The van der Waals surface area contributed by atoms with Gasteiger partial charge in [0.25, 0.3) is 5.56 Å². The number of aromatic nitrogens is 1. The largest absolute Gasteiger partial charge is 0.503 e. The summed E-state index contributed by atoms with van der Waals surface area (Å²) in [4.78, 5) is 15.5. The van der Waals surface area contributed by atoms with Gasteiger partial charge in [-0.15, -0.1) is 0 Å². The summed E-state index contributed by atoms with van der Waals surface area (Å²) in [5.41, 5.74) is 7.84. The Hall–Kier alpha value is -2.38. The van der Waals surface area contributed by atoms with Gasteiger partial charge in [0.1, 0.15) is 0 Å². The van der Waals surface area contributed by atoms with E-state index in [0.717, 1.165) is 0 Å². The third-order valence-electron chi connectivity index (χ3n) is 1.33. The van der Waals surface area contributed by atoms with E-state index in [4.69, 9.17) is 10.6 Å². The Morgan fingerprint density at radius 3 is 3.14 bits per heavy atom. The molecular formula is C8H6N4O2. The van der Waals surface area contributed by atoms with Gasteiger partial charge in [0.2, 0.25) is 0 Å². The van der Waals surface area contributed by atoms with Crippen LogP contribution in [0.4, 0.5) is 0 Å². The lowest BCUT2D eigenvalue weighted by atomic mass is 10.3. The van der Waals surface area contributed by atoms with Crippen LogP contribution in [0, 0.1) is 11.8 Å². The highest BCUT2D eigenvalue weighted by atomic mass is 16.3. The van der Waals surface area contributed by atoms with Gasteiger partial charge in [0, 0.05) is 22.7 Å². The fourth-order valence-corrected chi connectivity index (χ4v) is 0.752. The zero-order valence-corrected chi connectivity index (χ0v) is 7.06. The molecule has 2 N–H and O–H groups in total. The summed E-state index contributed by atoms with van der Waals surface area (Å²) in [6.07, 6.45) is 1.37. The monoisotopic (exact) mass is 190 g/mol. The summed E-state index contributed by atoms with van der Waals surface area (Å²) >= 11 is 0. The van der Waals surface area contributed by atoms with Crippen LogP contribution in [0.1, 0.15) is 5.56 Å². The number of pyridine rings is 1. The maximum atomic E-state index is 10.7. The van der Waals surface area contributed by atoms with E-state index in [9.17, 15) is 4.79 Å². The van der Waals surface area contributed by atoms with E-state index in [-0.39, 0.29) is 12.3 Å². The topological polar surface area (TPSA) is 102 Å². The molecule has 0 radical (unpaired) electrons. The number of nitrogens with one attached hydrogen (secondary N) is 1. The standard InChI is InChI=1S/C8H6N4O2/c9-12-11-3-1-2-6-4-7(13)8(14)10-5-6/h4-5,13H,3H2,(H,10,14). The Morgan fingerprint density at radius 2 is 2.50 bits per heavy atom. The third-order valence-corrected chi connectivity index (χ3v) is 1.33. The Kier molecular flexibility index (Phi) is 3.19. The molecule has 0 unspecified atom stereocenters. The lowest BCUT2D eigenvalue weighted by Gasteiger charge is -1.90. The summed E-state index contributed by atoms with van der Waals surface area (Å²) < 4.78 is 0. The van der Waals surface area contributed by atoms with Crippen LogP contribution in [-0.2, 0) is 0 Å². The number of aromatic hydroxyl groups is 1. The van der Waals surface area contributed by atoms with Gasteiger partial charge in [-0.05, 0) is 5.53 Å². The van der Waals surface area contributed by atoms with Crippen molar-refractivity contribution in [2.24, 2.45) is 5.11 Å². The molecule has 1 heterocycles. The average Bonchev–Trinajstić information content (AvgIpc) is 2.18. The van der Waals surface area contributed by atoms with Gasteiger partial charge in [-0.1, -0.05) is 17.0 Å². The first kappa shape index (κ1) is 9.71. The molecule has 0 spiro atoms. The molecule has 0 fully saturated rings. The molecule has 6 heteroatoms. The van der Waals surface area contributed by atoms with Gasteiger partial charge >= 0.3 is 0 Å². The van der Waals surface area contributed by atoms with Gasteiger partial charge in [-0.25, -0.2) is 0 Å². The van der Waals surface area contributed by atoms with Crippen molar-refractivity contribution in [3.8, 4) is 17.6 Å². The molecule has 0 aliphatic carbocycles. The fraction of sp³-hybridized carbons (Fsp3) is 0.125. The van der Waals surface area contributed by atoms with Crippen molar-refractivity contribution >= 4 is 0 Å². The van der Waals surface area contributed by atoms with Gasteiger partial charge < -0.3 is 10.1 Å². The number of nitrogens with zero attached hydrogens (tertiary/aromatic N) is 3. The van der Waals surface area contributed by atoms with Crippen LogP contribution in [0.15, 0.2) is 22.2 Å². The van der Waals surface area contributed by atoms with Crippen molar-refractivity contribution in [3.05, 3.63) is 38.6 Å². The minimum Gasteiger partial charge on any atom is -0.503 e. The first-order valence-electron chi connectivity index (χ1n) is 3.65. The molecule has 0 atom stereocenters. The van der Waals surface area contributed by atoms with Crippen LogP contribution in [-0.4, -0.2) is 16.6 Å². The molecule has 6 nitrogen and oxygen atoms in total. The van der Waals surface area contributed by atoms with Crippen LogP contribution in [0.3, 0.4) is 0 Å². The van der Waals surface area contributed by atoms with Gasteiger partial charge in [-0.2, -0.15) is 0 Å². The molecule has 1 aromatic rings. The van der Waals surface area contributed by atoms with E-state index in [1.54, 1.807) is 0 Å². The predicted octanol–water partition coefficient (Wildman–Crippen LogP) is 0.742. The molecule has 0 aliphatic heterocycles. The highest BCUT2D eigenvalue weighted by molar-refractivity contribution is 5.36. The number of hydrogen-bond donors (Lipinski definition) is 2.